The number of methoxy groups -OCH3 is 1. The summed E-state index contributed by atoms with van der Waals surface area (Å²) >= 11 is 0. The van der Waals surface area contributed by atoms with Gasteiger partial charge >= 0.3 is 11.9 Å². The Kier molecular flexibility index (Phi) is 6.13. The zero-order valence-electron chi connectivity index (χ0n) is 16.4. The number of ether oxygens (including phenoxy) is 2. The number of hydrogen-bond acceptors (Lipinski definition) is 6. The van der Waals surface area contributed by atoms with Crippen molar-refractivity contribution < 1.29 is 23.9 Å². The highest BCUT2D eigenvalue weighted by Crippen LogP contribution is 2.22. The van der Waals surface area contributed by atoms with Gasteiger partial charge in [-0.15, -0.1) is 0 Å². The fraction of sp³-hybridized carbons (Fsp3) is 0.182. The van der Waals surface area contributed by atoms with Gasteiger partial charge in [-0.3, -0.25) is 9.59 Å². The molecule has 1 heterocycles. The number of fused-ring (bicyclic) bond motifs is 1. The lowest BCUT2D eigenvalue weighted by Gasteiger charge is -2.14. The van der Waals surface area contributed by atoms with Crippen LogP contribution in [0.25, 0.3) is 10.9 Å². The number of carbonyl (C=O) groups is 3. The van der Waals surface area contributed by atoms with Crippen molar-refractivity contribution >= 4 is 34.4 Å². The van der Waals surface area contributed by atoms with Gasteiger partial charge < -0.3 is 19.4 Å². The molecule has 3 rings (SSSR count). The van der Waals surface area contributed by atoms with Crippen molar-refractivity contribution in [1.29, 1.82) is 5.26 Å². The van der Waals surface area contributed by atoms with Crippen molar-refractivity contribution in [3.05, 3.63) is 65.9 Å². The average molecular weight is 405 g/mol. The van der Waals surface area contributed by atoms with Crippen LogP contribution >= 0.6 is 0 Å². The van der Waals surface area contributed by atoms with E-state index in [2.05, 4.69) is 5.32 Å². The zero-order valence-corrected chi connectivity index (χ0v) is 16.4. The maximum absolute atomic E-state index is 12.4. The Hall–Kier alpha value is -4.12. The number of nitrogens with zero attached hydrogens (tertiary/aromatic N) is 2. The molecule has 30 heavy (non-hydrogen) atoms. The Labute approximate surface area is 172 Å². The Morgan fingerprint density at radius 1 is 1.13 bits per heavy atom. The van der Waals surface area contributed by atoms with Gasteiger partial charge in [0.05, 0.1) is 24.3 Å². The van der Waals surface area contributed by atoms with E-state index in [4.69, 9.17) is 14.7 Å². The van der Waals surface area contributed by atoms with Gasteiger partial charge in [-0.25, -0.2) is 4.79 Å². The summed E-state index contributed by atoms with van der Waals surface area (Å²) in [4.78, 5) is 36.6. The summed E-state index contributed by atoms with van der Waals surface area (Å²) in [5.74, 6) is -1.64. The van der Waals surface area contributed by atoms with Gasteiger partial charge in [-0.2, -0.15) is 5.26 Å². The fourth-order valence-corrected chi connectivity index (χ4v) is 2.95. The quantitative estimate of drug-likeness (QED) is 0.632. The van der Waals surface area contributed by atoms with E-state index in [1.54, 1.807) is 53.1 Å². The molecular formula is C22H19N3O5. The highest BCUT2D eigenvalue weighted by molar-refractivity contribution is 6.04. The number of esters is 2. The molecule has 152 valence electrons. The minimum Gasteiger partial charge on any atom is -0.465 e. The number of hydrogen-bond donors (Lipinski definition) is 1. The van der Waals surface area contributed by atoms with Crippen LogP contribution in [0.15, 0.2) is 54.7 Å². The molecule has 8 nitrogen and oxygen atoms in total. The number of rotatable bonds is 6. The van der Waals surface area contributed by atoms with Crippen LogP contribution < -0.4 is 5.32 Å². The molecule has 0 saturated heterocycles. The summed E-state index contributed by atoms with van der Waals surface area (Å²) in [7, 11) is 1.29. The smallest absolute Gasteiger partial charge is 0.340 e. The van der Waals surface area contributed by atoms with Crippen molar-refractivity contribution in [2.45, 2.75) is 19.6 Å². The largest absolute Gasteiger partial charge is 0.465 e. The summed E-state index contributed by atoms with van der Waals surface area (Å²) < 4.78 is 11.6. The van der Waals surface area contributed by atoms with Crippen LogP contribution in [0.5, 0.6) is 0 Å². The molecule has 1 amide bonds. The lowest BCUT2D eigenvalue weighted by atomic mass is 10.2. The molecular weight excluding hydrogens is 386 g/mol. The van der Waals surface area contributed by atoms with Crippen molar-refractivity contribution in [2.75, 3.05) is 12.4 Å². The highest BCUT2D eigenvalue weighted by atomic mass is 16.5. The summed E-state index contributed by atoms with van der Waals surface area (Å²) in [5, 5.41) is 12.1. The van der Waals surface area contributed by atoms with Gasteiger partial charge in [-0.05, 0) is 37.3 Å². The van der Waals surface area contributed by atoms with Crippen LogP contribution in [-0.2, 0) is 25.6 Å². The predicted molar refractivity (Wildman–Crippen MR) is 109 cm³/mol. The van der Waals surface area contributed by atoms with Crippen LogP contribution in [0.3, 0.4) is 0 Å². The first-order chi connectivity index (χ1) is 14.4. The topological polar surface area (TPSA) is 110 Å². The normalized spacial score (nSPS) is 11.4. The van der Waals surface area contributed by atoms with Crippen molar-refractivity contribution in [2.24, 2.45) is 0 Å². The average Bonchev–Trinajstić information content (AvgIpc) is 3.12. The van der Waals surface area contributed by atoms with E-state index < -0.39 is 23.9 Å². The minimum atomic E-state index is -1.03. The predicted octanol–water partition coefficient (Wildman–Crippen LogP) is 2.87. The Morgan fingerprint density at radius 3 is 2.50 bits per heavy atom. The number of benzene rings is 2. The summed E-state index contributed by atoms with van der Waals surface area (Å²) in [5.41, 5.74) is 1.97. The molecule has 0 aliphatic rings. The fourth-order valence-electron chi connectivity index (χ4n) is 2.95. The van der Waals surface area contributed by atoms with Crippen LogP contribution in [0.4, 0.5) is 5.69 Å². The Bertz CT molecular complexity index is 1140. The number of nitriles is 1. The molecule has 0 saturated carbocycles. The first kappa shape index (κ1) is 20.6. The number of carbonyl (C=O) groups excluding carboxylic acids is 3. The van der Waals surface area contributed by atoms with Crippen LogP contribution in [0, 0.1) is 11.3 Å². The van der Waals surface area contributed by atoms with E-state index >= 15 is 0 Å². The second-order valence-corrected chi connectivity index (χ2v) is 6.49. The van der Waals surface area contributed by atoms with Crippen LogP contribution in [0.2, 0.25) is 0 Å². The SMILES string of the molecule is COC(=O)c1cn(CC(=O)O[C@H](C)C(=O)Nc2ccc(C#N)cc2)c2ccccc12. The molecule has 0 unspecified atom stereocenters. The molecule has 3 aromatic rings. The second-order valence-electron chi connectivity index (χ2n) is 6.49. The zero-order chi connectivity index (χ0) is 21.7. The van der Waals surface area contributed by atoms with E-state index in [0.29, 0.717) is 27.7 Å². The second kappa shape index (κ2) is 8.92. The number of amides is 1. The van der Waals surface area contributed by atoms with Crippen molar-refractivity contribution in [1.82, 2.24) is 4.57 Å². The summed E-state index contributed by atoms with van der Waals surface area (Å²) in [6.07, 6.45) is 0.495. The van der Waals surface area contributed by atoms with Gasteiger partial charge in [-0.1, -0.05) is 18.2 Å². The third-order valence-corrected chi connectivity index (χ3v) is 4.45. The number of aromatic nitrogens is 1. The molecule has 1 atom stereocenters. The van der Waals surface area contributed by atoms with Gasteiger partial charge in [0.1, 0.15) is 6.54 Å². The number of para-hydroxylation sites is 1. The van der Waals surface area contributed by atoms with Gasteiger partial charge in [0.15, 0.2) is 6.10 Å². The Morgan fingerprint density at radius 2 is 1.83 bits per heavy atom. The molecule has 8 heteroatoms. The maximum atomic E-state index is 12.4. The number of nitrogens with one attached hydrogen (secondary N) is 1. The molecule has 0 bridgehead atoms. The molecule has 0 fully saturated rings. The standard InChI is InChI=1S/C22H19N3O5/c1-14(21(27)24-16-9-7-15(11-23)8-10-16)30-20(26)13-25-12-18(22(28)29-2)17-5-3-4-6-19(17)25/h3-10,12,14H,13H2,1-2H3,(H,24,27)/t14-/m1/s1. The van der Waals surface area contributed by atoms with Crippen molar-refractivity contribution in [3.63, 3.8) is 0 Å². The van der Waals surface area contributed by atoms with Crippen LogP contribution in [0.1, 0.15) is 22.8 Å². The molecule has 0 spiro atoms. The van der Waals surface area contributed by atoms with E-state index in [1.807, 2.05) is 6.07 Å². The molecule has 1 aromatic heterocycles. The van der Waals surface area contributed by atoms with E-state index in [0.717, 1.165) is 0 Å². The van der Waals surface area contributed by atoms with Gasteiger partial charge in [0.2, 0.25) is 0 Å². The molecule has 2 aromatic carbocycles. The van der Waals surface area contributed by atoms with E-state index in [1.165, 1.54) is 20.2 Å². The van der Waals surface area contributed by atoms with E-state index in [-0.39, 0.29) is 6.54 Å². The molecule has 0 aliphatic carbocycles. The Balaban J connectivity index is 1.67. The monoisotopic (exact) mass is 405 g/mol. The lowest BCUT2D eigenvalue weighted by molar-refractivity contribution is -0.153. The molecule has 0 aliphatic heterocycles. The summed E-state index contributed by atoms with van der Waals surface area (Å²) in [6, 6.07) is 15.4. The van der Waals surface area contributed by atoms with Gasteiger partial charge in [0, 0.05) is 22.8 Å². The molecule has 1 N–H and O–H groups in total. The maximum Gasteiger partial charge on any atom is 0.340 e. The highest BCUT2D eigenvalue weighted by Gasteiger charge is 2.21. The van der Waals surface area contributed by atoms with Crippen molar-refractivity contribution in [3.8, 4) is 6.07 Å². The van der Waals surface area contributed by atoms with Gasteiger partial charge in [0.25, 0.3) is 5.91 Å². The molecule has 0 radical (unpaired) electrons. The lowest BCUT2D eigenvalue weighted by Crippen LogP contribution is -2.31. The minimum absolute atomic E-state index is 0.175. The number of anilines is 1. The first-order valence-electron chi connectivity index (χ1n) is 9.09. The third kappa shape index (κ3) is 4.47. The summed E-state index contributed by atoms with van der Waals surface area (Å²) in [6.45, 7) is 1.29. The first-order valence-corrected chi connectivity index (χ1v) is 9.09. The van der Waals surface area contributed by atoms with E-state index in [9.17, 15) is 14.4 Å². The third-order valence-electron chi connectivity index (χ3n) is 4.45. The van der Waals surface area contributed by atoms with Crippen LogP contribution in [-0.4, -0.2) is 35.6 Å².